The van der Waals surface area contributed by atoms with Crippen molar-refractivity contribution < 1.29 is 23.9 Å². The van der Waals surface area contributed by atoms with Crippen LogP contribution in [0.15, 0.2) is 59.2 Å². The molecule has 10 heteroatoms. The van der Waals surface area contributed by atoms with Crippen molar-refractivity contribution in [3.8, 4) is 11.4 Å². The van der Waals surface area contributed by atoms with Gasteiger partial charge >= 0.3 is 5.97 Å². The largest absolute Gasteiger partial charge is 0.482 e. The normalized spacial score (nSPS) is 12.7. The lowest BCUT2D eigenvalue weighted by atomic mass is 10.2. The van der Waals surface area contributed by atoms with E-state index in [1.54, 1.807) is 66.3 Å². The summed E-state index contributed by atoms with van der Waals surface area (Å²) in [6.45, 7) is 1.75. The van der Waals surface area contributed by atoms with Crippen LogP contribution in [0, 0.1) is 0 Å². The number of carbonyl (C=O) groups is 3. The van der Waals surface area contributed by atoms with Crippen LogP contribution >= 0.6 is 15.9 Å². The lowest BCUT2D eigenvalue weighted by Crippen LogP contribution is -2.43. The first-order valence-electron chi connectivity index (χ1n) is 9.80. The molecular formula is C22H19BrN4O5. The zero-order valence-corrected chi connectivity index (χ0v) is 18.7. The third-order valence-corrected chi connectivity index (χ3v) is 5.15. The minimum atomic E-state index is -0.485. The summed E-state index contributed by atoms with van der Waals surface area (Å²) >= 11 is 3.37. The van der Waals surface area contributed by atoms with Crippen LogP contribution in [0.1, 0.15) is 17.4 Å². The van der Waals surface area contributed by atoms with Gasteiger partial charge in [0.25, 0.3) is 5.91 Å². The molecule has 1 aliphatic rings. The lowest BCUT2D eigenvalue weighted by Gasteiger charge is -2.29. The van der Waals surface area contributed by atoms with Crippen molar-refractivity contribution in [1.82, 2.24) is 9.78 Å². The van der Waals surface area contributed by atoms with Gasteiger partial charge in [-0.2, -0.15) is 5.10 Å². The summed E-state index contributed by atoms with van der Waals surface area (Å²) in [5, 5.41) is 6.98. The second-order valence-electron chi connectivity index (χ2n) is 6.84. The van der Waals surface area contributed by atoms with E-state index >= 15 is 0 Å². The molecule has 0 bridgehead atoms. The van der Waals surface area contributed by atoms with E-state index in [4.69, 9.17) is 9.47 Å². The van der Waals surface area contributed by atoms with E-state index in [0.29, 0.717) is 22.8 Å². The Morgan fingerprint density at radius 3 is 2.72 bits per heavy atom. The summed E-state index contributed by atoms with van der Waals surface area (Å²) in [5.41, 5.74) is 2.03. The highest BCUT2D eigenvalue weighted by Crippen LogP contribution is 2.34. The zero-order chi connectivity index (χ0) is 22.7. The van der Waals surface area contributed by atoms with Crippen LogP contribution in [0.3, 0.4) is 0 Å². The maximum Gasteiger partial charge on any atom is 0.358 e. The van der Waals surface area contributed by atoms with Crippen LogP contribution < -0.4 is 15.0 Å². The van der Waals surface area contributed by atoms with Gasteiger partial charge in [0.1, 0.15) is 12.3 Å². The number of ether oxygens (including phenoxy) is 2. The van der Waals surface area contributed by atoms with Gasteiger partial charge in [0.05, 0.1) is 18.0 Å². The van der Waals surface area contributed by atoms with Crippen molar-refractivity contribution in [2.45, 2.75) is 6.92 Å². The zero-order valence-electron chi connectivity index (χ0n) is 17.1. The molecule has 0 saturated heterocycles. The lowest BCUT2D eigenvalue weighted by molar-refractivity contribution is -0.123. The number of carbonyl (C=O) groups excluding carboxylic acids is 3. The summed E-state index contributed by atoms with van der Waals surface area (Å²) in [6.07, 6.45) is 1.65. The van der Waals surface area contributed by atoms with Crippen molar-refractivity contribution >= 4 is 45.1 Å². The topological polar surface area (TPSA) is 103 Å². The first kappa shape index (κ1) is 21.6. The number of hydrogen-bond acceptors (Lipinski definition) is 6. The number of nitrogens with zero attached hydrogens (tertiary/aromatic N) is 3. The van der Waals surface area contributed by atoms with Gasteiger partial charge in [-0.25, -0.2) is 9.48 Å². The maximum atomic E-state index is 12.6. The standard InChI is InChI=1S/C22H19BrN4O5/c1-2-31-22(30)17-9-10-27(25-17)16-6-4-15(5-7-16)24-20(28)12-26-18-8-3-14(23)11-19(18)32-13-21(26)29/h3-11H,2,12-13H2,1H3,(H,24,28). The van der Waals surface area contributed by atoms with Crippen molar-refractivity contribution in [1.29, 1.82) is 0 Å². The van der Waals surface area contributed by atoms with Crippen molar-refractivity contribution in [2.24, 2.45) is 0 Å². The summed E-state index contributed by atoms with van der Waals surface area (Å²) in [4.78, 5) is 38.0. The first-order valence-corrected chi connectivity index (χ1v) is 10.6. The molecule has 0 spiro atoms. The number of nitrogens with one attached hydrogen (secondary N) is 1. The van der Waals surface area contributed by atoms with Gasteiger partial charge in [-0.05, 0) is 55.5 Å². The van der Waals surface area contributed by atoms with E-state index in [9.17, 15) is 14.4 Å². The smallest absolute Gasteiger partial charge is 0.358 e. The number of fused-ring (bicyclic) bond motifs is 1. The molecule has 1 N–H and O–H groups in total. The molecule has 0 aliphatic carbocycles. The molecule has 0 radical (unpaired) electrons. The summed E-state index contributed by atoms with van der Waals surface area (Å²) in [6, 6.07) is 13.8. The highest BCUT2D eigenvalue weighted by atomic mass is 79.9. The van der Waals surface area contributed by atoms with E-state index in [0.717, 1.165) is 4.47 Å². The van der Waals surface area contributed by atoms with Crippen LogP contribution in [-0.2, 0) is 14.3 Å². The number of amides is 2. The Labute approximate surface area is 192 Å². The molecule has 3 aromatic rings. The number of hydrogen-bond donors (Lipinski definition) is 1. The van der Waals surface area contributed by atoms with Gasteiger partial charge in [0.15, 0.2) is 12.3 Å². The minimum absolute atomic E-state index is 0.122. The molecule has 1 aromatic heterocycles. The molecule has 164 valence electrons. The average Bonchev–Trinajstić information content (AvgIpc) is 3.27. The molecule has 2 amide bonds. The van der Waals surface area contributed by atoms with Crippen LogP contribution in [-0.4, -0.2) is 47.3 Å². The molecular weight excluding hydrogens is 480 g/mol. The van der Waals surface area contributed by atoms with Crippen molar-refractivity contribution in [2.75, 3.05) is 30.0 Å². The second kappa shape index (κ2) is 9.23. The van der Waals surface area contributed by atoms with Gasteiger partial charge in [0, 0.05) is 16.4 Å². The van der Waals surface area contributed by atoms with Gasteiger partial charge in [0.2, 0.25) is 5.91 Å². The highest BCUT2D eigenvalue weighted by molar-refractivity contribution is 9.10. The minimum Gasteiger partial charge on any atom is -0.482 e. The van der Waals surface area contributed by atoms with Crippen molar-refractivity contribution in [3.63, 3.8) is 0 Å². The van der Waals surface area contributed by atoms with Crippen LogP contribution in [0.25, 0.3) is 5.69 Å². The number of esters is 1. The Bertz CT molecular complexity index is 1180. The third-order valence-electron chi connectivity index (χ3n) is 4.66. The fraction of sp³-hybridized carbons (Fsp3) is 0.182. The fourth-order valence-corrected chi connectivity index (χ4v) is 3.52. The number of rotatable bonds is 6. The molecule has 0 fully saturated rings. The predicted octanol–water partition coefficient (Wildman–Crippen LogP) is 3.18. The Balaban J connectivity index is 1.42. The number of halogens is 1. The third kappa shape index (κ3) is 4.65. The van der Waals surface area contributed by atoms with E-state index in [-0.39, 0.29) is 37.3 Å². The van der Waals surface area contributed by atoms with E-state index in [2.05, 4.69) is 26.3 Å². The van der Waals surface area contributed by atoms with E-state index in [1.165, 1.54) is 4.90 Å². The Morgan fingerprint density at radius 2 is 1.97 bits per heavy atom. The molecule has 4 rings (SSSR count). The highest BCUT2D eigenvalue weighted by Gasteiger charge is 2.27. The number of benzene rings is 2. The van der Waals surface area contributed by atoms with Gasteiger partial charge in [-0.3, -0.25) is 14.5 Å². The van der Waals surface area contributed by atoms with E-state index in [1.807, 2.05) is 0 Å². The number of anilines is 2. The van der Waals surface area contributed by atoms with Gasteiger partial charge < -0.3 is 14.8 Å². The summed E-state index contributed by atoms with van der Waals surface area (Å²) < 4.78 is 12.7. The fourth-order valence-electron chi connectivity index (χ4n) is 3.17. The SMILES string of the molecule is CCOC(=O)c1ccn(-c2ccc(NC(=O)CN3C(=O)COc4cc(Br)ccc43)cc2)n1. The number of aromatic nitrogens is 2. The van der Waals surface area contributed by atoms with Crippen molar-refractivity contribution in [3.05, 3.63) is 64.9 Å². The van der Waals surface area contributed by atoms with Crippen LogP contribution in [0.2, 0.25) is 0 Å². The van der Waals surface area contributed by atoms with E-state index < -0.39 is 5.97 Å². The molecule has 9 nitrogen and oxygen atoms in total. The molecule has 2 aromatic carbocycles. The Morgan fingerprint density at radius 1 is 1.19 bits per heavy atom. The second-order valence-corrected chi connectivity index (χ2v) is 7.76. The molecule has 0 saturated carbocycles. The molecule has 1 aliphatic heterocycles. The summed E-state index contributed by atoms with van der Waals surface area (Å²) in [7, 11) is 0. The van der Waals surface area contributed by atoms with Gasteiger partial charge in [-0.15, -0.1) is 0 Å². The quantitative estimate of drug-likeness (QED) is 0.523. The Hall–Kier alpha value is -3.66. The average molecular weight is 499 g/mol. The predicted molar refractivity (Wildman–Crippen MR) is 120 cm³/mol. The monoisotopic (exact) mass is 498 g/mol. The molecule has 2 heterocycles. The molecule has 0 atom stereocenters. The van der Waals surface area contributed by atoms with Crippen LogP contribution in [0.4, 0.5) is 11.4 Å². The molecule has 32 heavy (non-hydrogen) atoms. The Kier molecular flexibility index (Phi) is 6.22. The van der Waals surface area contributed by atoms with Crippen LogP contribution in [0.5, 0.6) is 5.75 Å². The maximum absolute atomic E-state index is 12.6. The van der Waals surface area contributed by atoms with Gasteiger partial charge in [-0.1, -0.05) is 15.9 Å². The molecule has 0 unspecified atom stereocenters. The first-order chi connectivity index (χ1) is 15.4. The summed E-state index contributed by atoms with van der Waals surface area (Å²) in [5.74, 6) is -0.578.